The number of anilines is 1. The van der Waals surface area contributed by atoms with Crippen LogP contribution in [0, 0.1) is 0 Å². The molecule has 0 aliphatic rings. The third-order valence-corrected chi connectivity index (χ3v) is 3.12. The normalized spacial score (nSPS) is 10.7. The summed E-state index contributed by atoms with van der Waals surface area (Å²) in [5, 5.41) is 5.50. The van der Waals surface area contributed by atoms with E-state index in [0.717, 1.165) is 35.1 Å². The largest absolute Gasteiger partial charge is 0.370 e. The van der Waals surface area contributed by atoms with Gasteiger partial charge in [0.2, 0.25) is 0 Å². The highest BCUT2D eigenvalue weighted by atomic mass is 15.0. The smallest absolute Gasteiger partial charge is 0.163 e. The van der Waals surface area contributed by atoms with E-state index in [1.807, 2.05) is 36.7 Å². The number of fused-ring (bicyclic) bond motifs is 1. The first-order valence-corrected chi connectivity index (χ1v) is 6.78. The van der Waals surface area contributed by atoms with Crippen LogP contribution in [-0.2, 0) is 0 Å². The summed E-state index contributed by atoms with van der Waals surface area (Å²) in [6.07, 6.45) is 6.52. The lowest BCUT2D eigenvalue weighted by Crippen LogP contribution is -2.03. The maximum atomic E-state index is 4.57. The van der Waals surface area contributed by atoms with Gasteiger partial charge in [-0.25, -0.2) is 9.97 Å². The van der Waals surface area contributed by atoms with Crippen molar-refractivity contribution in [3.05, 3.63) is 48.9 Å². The van der Waals surface area contributed by atoms with Gasteiger partial charge >= 0.3 is 0 Å². The molecule has 2 heterocycles. The second-order valence-corrected chi connectivity index (χ2v) is 4.60. The minimum absolute atomic E-state index is 0.704. The summed E-state index contributed by atoms with van der Waals surface area (Å²) in [4.78, 5) is 13.2. The molecule has 0 saturated carbocycles. The van der Waals surface area contributed by atoms with Gasteiger partial charge in [-0.15, -0.1) is 0 Å². The Bertz CT molecular complexity index is 719. The second-order valence-electron chi connectivity index (χ2n) is 4.60. The highest BCUT2D eigenvalue weighted by Gasteiger charge is 2.07. The SMILES string of the molecule is CCCNc1ccnc(-c2cncc3ccccc23)n1. The lowest BCUT2D eigenvalue weighted by atomic mass is 10.1. The molecule has 0 spiro atoms. The maximum Gasteiger partial charge on any atom is 0.163 e. The molecule has 0 aliphatic carbocycles. The van der Waals surface area contributed by atoms with Gasteiger partial charge in [0.15, 0.2) is 5.82 Å². The molecule has 2 aromatic heterocycles. The molecule has 100 valence electrons. The third-order valence-electron chi connectivity index (χ3n) is 3.12. The minimum Gasteiger partial charge on any atom is -0.370 e. The molecule has 3 aromatic rings. The van der Waals surface area contributed by atoms with Gasteiger partial charge in [0.05, 0.1) is 0 Å². The average molecular weight is 264 g/mol. The van der Waals surface area contributed by atoms with Crippen molar-refractivity contribution in [2.45, 2.75) is 13.3 Å². The van der Waals surface area contributed by atoms with Crippen molar-refractivity contribution in [1.29, 1.82) is 0 Å². The van der Waals surface area contributed by atoms with Gasteiger partial charge in [0.25, 0.3) is 0 Å². The van der Waals surface area contributed by atoms with E-state index in [1.54, 1.807) is 6.20 Å². The van der Waals surface area contributed by atoms with E-state index < -0.39 is 0 Å². The fourth-order valence-electron chi connectivity index (χ4n) is 2.13. The van der Waals surface area contributed by atoms with Gasteiger partial charge in [-0.05, 0) is 17.9 Å². The summed E-state index contributed by atoms with van der Waals surface area (Å²) in [6, 6.07) is 10.0. The van der Waals surface area contributed by atoms with E-state index in [0.29, 0.717) is 5.82 Å². The van der Waals surface area contributed by atoms with Gasteiger partial charge in [0.1, 0.15) is 5.82 Å². The molecule has 0 unspecified atom stereocenters. The van der Waals surface area contributed by atoms with Crippen LogP contribution in [0.3, 0.4) is 0 Å². The summed E-state index contributed by atoms with van der Waals surface area (Å²) in [6.45, 7) is 3.04. The standard InChI is InChI=1S/C16H16N4/c1-2-8-18-15-7-9-19-16(20-15)14-11-17-10-12-5-3-4-6-13(12)14/h3-7,9-11H,2,8H2,1H3,(H,18,19,20). The van der Waals surface area contributed by atoms with Crippen molar-refractivity contribution in [2.75, 3.05) is 11.9 Å². The first kappa shape index (κ1) is 12.5. The van der Waals surface area contributed by atoms with Crippen LogP contribution in [0.15, 0.2) is 48.9 Å². The van der Waals surface area contributed by atoms with Crippen LogP contribution in [0.1, 0.15) is 13.3 Å². The Hall–Kier alpha value is -2.49. The molecule has 0 amide bonds. The molecule has 0 aliphatic heterocycles. The number of hydrogen-bond donors (Lipinski definition) is 1. The first-order valence-electron chi connectivity index (χ1n) is 6.78. The van der Waals surface area contributed by atoms with Crippen LogP contribution < -0.4 is 5.32 Å². The van der Waals surface area contributed by atoms with Gasteiger partial charge in [-0.1, -0.05) is 31.2 Å². The van der Waals surface area contributed by atoms with Gasteiger partial charge in [0, 0.05) is 36.1 Å². The molecular formula is C16H16N4. The van der Waals surface area contributed by atoms with Gasteiger partial charge < -0.3 is 5.32 Å². The van der Waals surface area contributed by atoms with Gasteiger partial charge in [-0.2, -0.15) is 0 Å². The molecule has 20 heavy (non-hydrogen) atoms. The molecule has 0 atom stereocenters. The Morgan fingerprint density at radius 2 is 2.00 bits per heavy atom. The van der Waals surface area contributed by atoms with E-state index in [2.05, 4.69) is 33.3 Å². The molecule has 4 nitrogen and oxygen atoms in total. The number of nitrogens with one attached hydrogen (secondary N) is 1. The molecule has 1 N–H and O–H groups in total. The van der Waals surface area contributed by atoms with Crippen LogP contribution in [0.5, 0.6) is 0 Å². The topological polar surface area (TPSA) is 50.7 Å². The number of pyridine rings is 1. The van der Waals surface area contributed by atoms with Gasteiger partial charge in [-0.3, -0.25) is 4.98 Å². The highest BCUT2D eigenvalue weighted by molar-refractivity contribution is 5.94. The Balaban J connectivity index is 2.06. The molecule has 0 bridgehead atoms. The van der Waals surface area contributed by atoms with Crippen LogP contribution in [0.2, 0.25) is 0 Å². The van der Waals surface area contributed by atoms with E-state index in [1.165, 1.54) is 0 Å². The fourth-order valence-corrected chi connectivity index (χ4v) is 2.13. The fraction of sp³-hybridized carbons (Fsp3) is 0.188. The molecule has 4 heteroatoms. The molecule has 0 saturated heterocycles. The monoisotopic (exact) mass is 264 g/mol. The number of hydrogen-bond acceptors (Lipinski definition) is 4. The molecule has 0 radical (unpaired) electrons. The predicted octanol–water partition coefficient (Wildman–Crippen LogP) is 3.51. The van der Waals surface area contributed by atoms with Crippen molar-refractivity contribution in [1.82, 2.24) is 15.0 Å². The van der Waals surface area contributed by atoms with Crippen molar-refractivity contribution in [3.8, 4) is 11.4 Å². The van der Waals surface area contributed by atoms with Crippen molar-refractivity contribution < 1.29 is 0 Å². The molecule has 0 fully saturated rings. The maximum absolute atomic E-state index is 4.57. The van der Waals surface area contributed by atoms with Crippen LogP contribution in [0.25, 0.3) is 22.2 Å². The van der Waals surface area contributed by atoms with E-state index in [4.69, 9.17) is 0 Å². The van der Waals surface area contributed by atoms with E-state index >= 15 is 0 Å². The summed E-state index contributed by atoms with van der Waals surface area (Å²) in [5.74, 6) is 1.56. The highest BCUT2D eigenvalue weighted by Crippen LogP contribution is 2.25. The first-order chi connectivity index (χ1) is 9.88. The molecular weight excluding hydrogens is 248 g/mol. The Labute approximate surface area is 117 Å². The van der Waals surface area contributed by atoms with Crippen molar-refractivity contribution in [3.63, 3.8) is 0 Å². The minimum atomic E-state index is 0.704. The predicted molar refractivity (Wildman–Crippen MR) is 81.5 cm³/mol. The van der Waals surface area contributed by atoms with E-state index in [-0.39, 0.29) is 0 Å². The third kappa shape index (κ3) is 2.45. The Morgan fingerprint density at radius 3 is 2.90 bits per heavy atom. The van der Waals surface area contributed by atoms with E-state index in [9.17, 15) is 0 Å². The van der Waals surface area contributed by atoms with Crippen molar-refractivity contribution >= 4 is 16.6 Å². The lowest BCUT2D eigenvalue weighted by molar-refractivity contribution is 0.966. The summed E-state index contributed by atoms with van der Waals surface area (Å²) in [7, 11) is 0. The zero-order valence-electron chi connectivity index (χ0n) is 11.4. The van der Waals surface area contributed by atoms with Crippen LogP contribution in [-0.4, -0.2) is 21.5 Å². The van der Waals surface area contributed by atoms with Crippen LogP contribution in [0.4, 0.5) is 5.82 Å². The number of nitrogens with zero attached hydrogens (tertiary/aromatic N) is 3. The Kier molecular flexibility index (Phi) is 3.54. The quantitative estimate of drug-likeness (QED) is 0.783. The lowest BCUT2D eigenvalue weighted by Gasteiger charge is -2.07. The summed E-state index contributed by atoms with van der Waals surface area (Å²) in [5.41, 5.74) is 0.961. The zero-order chi connectivity index (χ0) is 13.8. The average Bonchev–Trinajstić information content (AvgIpc) is 2.52. The summed E-state index contributed by atoms with van der Waals surface area (Å²) >= 11 is 0. The number of aromatic nitrogens is 3. The zero-order valence-corrected chi connectivity index (χ0v) is 11.4. The molecule has 3 rings (SSSR count). The Morgan fingerprint density at radius 1 is 1.10 bits per heavy atom. The molecule has 1 aromatic carbocycles. The number of rotatable bonds is 4. The number of benzene rings is 1. The van der Waals surface area contributed by atoms with Crippen molar-refractivity contribution in [2.24, 2.45) is 0 Å². The second kappa shape index (κ2) is 5.65. The van der Waals surface area contributed by atoms with Crippen LogP contribution >= 0.6 is 0 Å². The summed E-state index contributed by atoms with van der Waals surface area (Å²) < 4.78 is 0.